The summed E-state index contributed by atoms with van der Waals surface area (Å²) < 4.78 is 0. The van der Waals surface area contributed by atoms with Gasteiger partial charge in [0.05, 0.1) is 0 Å². The molecule has 0 radical (unpaired) electrons. The molecule has 0 bridgehead atoms. The molecular formula is C22H30O3. The Bertz CT molecular complexity index is 531. The monoisotopic (exact) mass is 342 g/mol. The molecule has 0 atom stereocenters. The minimum atomic E-state index is -0.759. The van der Waals surface area contributed by atoms with E-state index in [9.17, 15) is 9.59 Å². The Hall–Kier alpha value is -2.42. The summed E-state index contributed by atoms with van der Waals surface area (Å²) in [4.78, 5) is 21.8. The van der Waals surface area contributed by atoms with Crippen LogP contribution in [0.15, 0.2) is 72.9 Å². The molecule has 0 aliphatic rings. The molecule has 136 valence electrons. The van der Waals surface area contributed by atoms with Crippen LogP contribution in [0.2, 0.25) is 0 Å². The molecule has 0 amide bonds. The van der Waals surface area contributed by atoms with Crippen molar-refractivity contribution in [3.63, 3.8) is 0 Å². The standard InChI is InChI=1S/C22H30O3/c1-2-3-15-18-21(23)19-16-13-11-9-7-5-4-6-8-10-12-14-17-20-22(24)25/h3,5-8,11-16,19H,2,4,9-10,17-18,20H2,1H3,(H,24,25)/b7-5-,8-6-,13-11-,14-12-,15-3-,19-16?. The molecule has 3 heteroatoms. The van der Waals surface area contributed by atoms with Gasteiger partial charge in [0.1, 0.15) is 0 Å². The van der Waals surface area contributed by atoms with E-state index in [0.717, 1.165) is 25.7 Å². The van der Waals surface area contributed by atoms with Gasteiger partial charge in [-0.25, -0.2) is 0 Å². The number of ketones is 1. The number of rotatable bonds is 14. The minimum absolute atomic E-state index is 0.118. The van der Waals surface area contributed by atoms with E-state index in [2.05, 4.69) is 24.3 Å². The molecule has 0 heterocycles. The number of carboxylic acid groups (broad SMARTS) is 1. The number of carbonyl (C=O) groups is 2. The zero-order chi connectivity index (χ0) is 18.6. The lowest BCUT2D eigenvalue weighted by atomic mass is 10.2. The van der Waals surface area contributed by atoms with Gasteiger partial charge >= 0.3 is 5.97 Å². The molecule has 0 aromatic carbocycles. The van der Waals surface area contributed by atoms with Gasteiger partial charge in [0.2, 0.25) is 0 Å². The predicted molar refractivity (Wildman–Crippen MR) is 105 cm³/mol. The van der Waals surface area contributed by atoms with Crippen LogP contribution in [0.3, 0.4) is 0 Å². The molecule has 25 heavy (non-hydrogen) atoms. The molecule has 0 unspecified atom stereocenters. The fourth-order valence-electron chi connectivity index (χ4n) is 1.80. The Balaban J connectivity index is 3.68. The lowest BCUT2D eigenvalue weighted by molar-refractivity contribution is -0.136. The predicted octanol–water partition coefficient (Wildman–Crippen LogP) is 5.73. The van der Waals surface area contributed by atoms with Crippen molar-refractivity contribution in [1.82, 2.24) is 0 Å². The van der Waals surface area contributed by atoms with E-state index in [4.69, 9.17) is 5.11 Å². The maximum Gasteiger partial charge on any atom is 0.303 e. The molecule has 0 saturated carbocycles. The Morgan fingerprint density at radius 2 is 1.36 bits per heavy atom. The second kappa shape index (κ2) is 17.9. The summed E-state index contributed by atoms with van der Waals surface area (Å²) in [5.41, 5.74) is 0. The van der Waals surface area contributed by atoms with E-state index in [1.807, 2.05) is 43.4 Å². The van der Waals surface area contributed by atoms with Crippen molar-refractivity contribution in [1.29, 1.82) is 0 Å². The summed E-state index contributed by atoms with van der Waals surface area (Å²) in [6.45, 7) is 2.05. The maximum atomic E-state index is 11.4. The zero-order valence-electron chi connectivity index (χ0n) is 15.1. The highest BCUT2D eigenvalue weighted by atomic mass is 16.4. The number of carboxylic acids is 1. The van der Waals surface area contributed by atoms with Crippen molar-refractivity contribution >= 4 is 11.8 Å². The second-order valence-electron chi connectivity index (χ2n) is 5.39. The Kier molecular flexibility index (Phi) is 16.2. The van der Waals surface area contributed by atoms with Crippen molar-refractivity contribution in [2.45, 2.75) is 51.9 Å². The summed E-state index contributed by atoms with van der Waals surface area (Å²) in [6, 6.07) is 0. The van der Waals surface area contributed by atoms with Crippen LogP contribution in [0.1, 0.15) is 51.9 Å². The van der Waals surface area contributed by atoms with Crippen LogP contribution < -0.4 is 0 Å². The highest BCUT2D eigenvalue weighted by Gasteiger charge is 1.90. The van der Waals surface area contributed by atoms with Crippen molar-refractivity contribution in [3.05, 3.63) is 72.9 Å². The molecule has 0 aromatic heterocycles. The van der Waals surface area contributed by atoms with Gasteiger partial charge in [0, 0.05) is 12.8 Å². The largest absolute Gasteiger partial charge is 0.481 e. The van der Waals surface area contributed by atoms with E-state index in [0.29, 0.717) is 12.8 Å². The third kappa shape index (κ3) is 19.5. The van der Waals surface area contributed by atoms with Crippen LogP contribution in [0.4, 0.5) is 0 Å². The van der Waals surface area contributed by atoms with Crippen molar-refractivity contribution < 1.29 is 14.7 Å². The molecule has 0 saturated heterocycles. The molecule has 0 aliphatic heterocycles. The van der Waals surface area contributed by atoms with Crippen LogP contribution in [0, 0.1) is 0 Å². The molecule has 1 N–H and O–H groups in total. The Labute approximate surface area is 151 Å². The third-order valence-electron chi connectivity index (χ3n) is 3.09. The number of hydrogen-bond acceptors (Lipinski definition) is 2. The van der Waals surface area contributed by atoms with E-state index in [1.54, 1.807) is 12.2 Å². The van der Waals surface area contributed by atoms with Gasteiger partial charge in [-0.05, 0) is 38.2 Å². The molecule has 0 spiro atoms. The van der Waals surface area contributed by atoms with E-state index >= 15 is 0 Å². The van der Waals surface area contributed by atoms with Gasteiger partial charge in [0.15, 0.2) is 5.78 Å². The van der Waals surface area contributed by atoms with Crippen molar-refractivity contribution in [3.8, 4) is 0 Å². The topological polar surface area (TPSA) is 54.4 Å². The normalized spacial score (nSPS) is 12.8. The van der Waals surface area contributed by atoms with Crippen molar-refractivity contribution in [2.75, 3.05) is 0 Å². The first-order chi connectivity index (χ1) is 12.2. The van der Waals surface area contributed by atoms with Gasteiger partial charge in [0.25, 0.3) is 0 Å². The molecule has 0 rings (SSSR count). The van der Waals surface area contributed by atoms with Gasteiger partial charge in [-0.3, -0.25) is 9.59 Å². The summed E-state index contributed by atoms with van der Waals surface area (Å²) in [6.07, 6.45) is 28.2. The third-order valence-corrected chi connectivity index (χ3v) is 3.09. The number of aliphatic carboxylic acids is 1. The highest BCUT2D eigenvalue weighted by molar-refractivity contribution is 5.90. The number of allylic oxidation sites excluding steroid dienone is 12. The van der Waals surface area contributed by atoms with Crippen LogP contribution in [-0.4, -0.2) is 16.9 Å². The highest BCUT2D eigenvalue weighted by Crippen LogP contribution is 1.96. The quantitative estimate of drug-likeness (QED) is 0.249. The zero-order valence-corrected chi connectivity index (χ0v) is 15.1. The van der Waals surface area contributed by atoms with Gasteiger partial charge in [-0.2, -0.15) is 0 Å². The number of hydrogen-bond donors (Lipinski definition) is 1. The molecular weight excluding hydrogens is 312 g/mol. The summed E-state index contributed by atoms with van der Waals surface area (Å²) in [5, 5.41) is 8.49. The smallest absolute Gasteiger partial charge is 0.303 e. The lowest BCUT2D eigenvalue weighted by Gasteiger charge is -1.87. The lowest BCUT2D eigenvalue weighted by Crippen LogP contribution is -1.91. The molecule has 0 aromatic rings. The Morgan fingerprint density at radius 3 is 1.96 bits per heavy atom. The summed E-state index contributed by atoms with van der Waals surface area (Å²) in [7, 11) is 0. The van der Waals surface area contributed by atoms with E-state index in [-0.39, 0.29) is 12.2 Å². The summed E-state index contributed by atoms with van der Waals surface area (Å²) >= 11 is 0. The molecule has 0 fully saturated rings. The van der Waals surface area contributed by atoms with Gasteiger partial charge < -0.3 is 5.11 Å². The van der Waals surface area contributed by atoms with Gasteiger partial charge in [-0.1, -0.05) is 73.8 Å². The van der Waals surface area contributed by atoms with E-state index in [1.165, 1.54) is 0 Å². The minimum Gasteiger partial charge on any atom is -0.481 e. The fourth-order valence-corrected chi connectivity index (χ4v) is 1.80. The van der Waals surface area contributed by atoms with E-state index < -0.39 is 5.97 Å². The molecule has 3 nitrogen and oxygen atoms in total. The average molecular weight is 342 g/mol. The van der Waals surface area contributed by atoms with Crippen LogP contribution in [0.5, 0.6) is 0 Å². The van der Waals surface area contributed by atoms with Gasteiger partial charge in [-0.15, -0.1) is 0 Å². The van der Waals surface area contributed by atoms with Crippen LogP contribution in [0.25, 0.3) is 0 Å². The van der Waals surface area contributed by atoms with Crippen LogP contribution >= 0.6 is 0 Å². The second-order valence-corrected chi connectivity index (χ2v) is 5.39. The fraction of sp³-hybridized carbons (Fsp3) is 0.364. The number of carbonyl (C=O) groups excluding carboxylic acids is 1. The first-order valence-electron chi connectivity index (χ1n) is 8.84. The van der Waals surface area contributed by atoms with Crippen LogP contribution in [-0.2, 0) is 9.59 Å². The molecule has 0 aliphatic carbocycles. The first kappa shape index (κ1) is 22.6. The summed E-state index contributed by atoms with van der Waals surface area (Å²) in [5.74, 6) is -0.641. The first-order valence-corrected chi connectivity index (χ1v) is 8.84. The average Bonchev–Trinajstić information content (AvgIpc) is 2.58. The van der Waals surface area contributed by atoms with Crippen molar-refractivity contribution in [2.24, 2.45) is 0 Å². The SMILES string of the molecule is CC/C=C\CC(=O)C=C/C=C\C/C=C\C/C=C\C/C=C\CCC(=O)O. The maximum absolute atomic E-state index is 11.4. The Morgan fingerprint density at radius 1 is 0.760 bits per heavy atom.